The van der Waals surface area contributed by atoms with Gasteiger partial charge in [-0.1, -0.05) is 47.4 Å². The molecule has 6 aliphatic heterocycles. The minimum Gasteiger partial charge on any atom is -0.462 e. The van der Waals surface area contributed by atoms with Crippen molar-refractivity contribution >= 4 is 81.7 Å². The molecule has 108 heavy (non-hydrogen) atoms. The summed E-state index contributed by atoms with van der Waals surface area (Å²) < 4.78 is 235. The molecule has 40 heteroatoms. The molecule has 0 saturated carbocycles. The van der Waals surface area contributed by atoms with E-state index < -0.39 is 304 Å². The zero-order chi connectivity index (χ0) is 77.8. The minimum atomic E-state index is -2.39. The zero-order valence-electron chi connectivity index (χ0n) is 54.2. The van der Waals surface area contributed by atoms with Crippen LogP contribution in [0.4, 0.5) is 52.7 Å². The van der Waals surface area contributed by atoms with Crippen molar-refractivity contribution in [3.63, 3.8) is 0 Å². The number of nitrogens with one attached hydrogen (secondary N) is 2. The van der Waals surface area contributed by atoms with E-state index in [1.165, 1.54) is 24.3 Å². The molecule has 0 spiro atoms. The SMILES string of the molecule is OCC1O[C@@H](Sc2c(F)c(F)c(-c3c4nc(c(-c5c(F)c(F)c(SC6O[C@H](CO)C(O)[C@@H](O)[C@H]6O)c(F)c5F)c5ccc([nH]5)c(-c5c(F)c(F)c(S[C@@H]6OC(CO)[C@@H](O)[C@H](O)C6O)c(F)c5F)c5nc(c(-c6cccc(O[C@@H]7OC(CO)[C@@H](O)[C@H](O)C7O)c6)c6ccc3[nH]6)C=C5)C=C4)c(F)c2F)[C@@H](O)C(O)[C@@H]1O. The summed E-state index contributed by atoms with van der Waals surface area (Å²) in [6, 6.07) is 8.68. The fourth-order valence-corrected chi connectivity index (χ4v) is 16.3. The predicted molar refractivity (Wildman–Crippen MR) is 353 cm³/mol. The summed E-state index contributed by atoms with van der Waals surface area (Å²) in [5.41, 5.74) is -20.7. The molecule has 8 unspecified atom stereocenters. The maximum Gasteiger partial charge on any atom is 0.229 e. The van der Waals surface area contributed by atoms with E-state index in [9.17, 15) is 81.7 Å². The third-order valence-corrected chi connectivity index (χ3v) is 22.3. The van der Waals surface area contributed by atoms with Crippen LogP contribution in [0.2, 0.25) is 0 Å². The first-order chi connectivity index (χ1) is 51.3. The van der Waals surface area contributed by atoms with Gasteiger partial charge in [0.2, 0.25) is 6.29 Å². The number of ether oxygens (including phenoxy) is 5. The number of fused-ring (bicyclic) bond motifs is 8. The maximum atomic E-state index is 17.6. The van der Waals surface area contributed by atoms with Crippen molar-refractivity contribution in [2.45, 2.75) is 135 Å². The van der Waals surface area contributed by atoms with Crippen LogP contribution < -0.4 is 4.74 Å². The number of aliphatic hydroxyl groups is 16. The van der Waals surface area contributed by atoms with Crippen LogP contribution >= 0.6 is 35.3 Å². The number of aromatic amines is 2. The fraction of sp³-hybridized carbons (Fsp3) is 0.353. The summed E-state index contributed by atoms with van der Waals surface area (Å²) in [7, 11) is 0. The van der Waals surface area contributed by atoms with Crippen LogP contribution in [0.1, 0.15) is 22.8 Å². The number of hydrogen-bond donors (Lipinski definition) is 18. The lowest BCUT2D eigenvalue weighted by atomic mass is 9.99. The van der Waals surface area contributed by atoms with E-state index in [4.69, 9.17) is 23.7 Å². The first-order valence-corrected chi connectivity index (χ1v) is 34.7. The number of H-pyrrole nitrogens is 2. The van der Waals surface area contributed by atoms with Crippen molar-refractivity contribution in [2.24, 2.45) is 0 Å². The second-order valence-corrected chi connectivity index (χ2v) is 28.5. The van der Waals surface area contributed by atoms with E-state index in [-0.39, 0.29) is 57.7 Å². The molecule has 9 heterocycles. The highest BCUT2D eigenvalue weighted by molar-refractivity contribution is 8.00. The Bertz CT molecular complexity index is 4740. The van der Waals surface area contributed by atoms with Crippen LogP contribution in [0.3, 0.4) is 0 Å². The van der Waals surface area contributed by atoms with Crippen LogP contribution in [0.5, 0.6) is 5.75 Å². The molecule has 3 aromatic heterocycles. The summed E-state index contributed by atoms with van der Waals surface area (Å²) in [4.78, 5) is 9.53. The summed E-state index contributed by atoms with van der Waals surface area (Å²) in [6.07, 6.45) is -30.4. The molecule has 0 aliphatic carbocycles. The highest BCUT2D eigenvalue weighted by atomic mass is 32.2. The van der Waals surface area contributed by atoms with E-state index in [0.717, 1.165) is 48.6 Å². The van der Waals surface area contributed by atoms with Crippen LogP contribution in [0.15, 0.2) is 63.2 Å². The van der Waals surface area contributed by atoms with E-state index in [0.29, 0.717) is 0 Å². The van der Waals surface area contributed by atoms with E-state index in [2.05, 4.69) is 19.9 Å². The van der Waals surface area contributed by atoms with Gasteiger partial charge in [0.05, 0.1) is 80.6 Å². The Morgan fingerprint density at radius 3 is 0.907 bits per heavy atom. The topological polar surface area (TPSA) is 427 Å². The van der Waals surface area contributed by atoms with Gasteiger partial charge in [-0.15, -0.1) is 0 Å². The number of aliphatic hydroxyl groups excluding tert-OH is 16. The smallest absolute Gasteiger partial charge is 0.229 e. The summed E-state index contributed by atoms with van der Waals surface area (Å²) in [6.45, 7) is -4.13. The minimum absolute atomic E-state index is 0.108. The number of rotatable bonds is 16. The molecule has 4 aromatic carbocycles. The number of aromatic nitrogens is 4. The van der Waals surface area contributed by atoms with E-state index in [1.54, 1.807) is 0 Å². The molecule has 578 valence electrons. The fourth-order valence-electron chi connectivity index (χ4n) is 13.0. The van der Waals surface area contributed by atoms with Crippen molar-refractivity contribution in [3.05, 3.63) is 141 Å². The van der Waals surface area contributed by atoms with Gasteiger partial charge in [-0.25, -0.2) is 62.7 Å². The van der Waals surface area contributed by atoms with Crippen molar-refractivity contribution < 1.29 is 158 Å². The first-order valence-electron chi connectivity index (χ1n) is 32.1. The van der Waals surface area contributed by atoms with Crippen molar-refractivity contribution in [2.75, 3.05) is 26.4 Å². The van der Waals surface area contributed by atoms with E-state index >= 15 is 52.7 Å². The molecule has 0 amide bonds. The predicted octanol–water partition coefficient (Wildman–Crippen LogP) is 3.85. The van der Waals surface area contributed by atoms with Gasteiger partial charge in [0.15, 0.2) is 69.8 Å². The Morgan fingerprint density at radius 2 is 0.602 bits per heavy atom. The molecule has 6 aliphatic rings. The van der Waals surface area contributed by atoms with Crippen LogP contribution in [0, 0.1) is 69.8 Å². The molecular weight excluding hydrogens is 1530 g/mol. The zero-order valence-corrected chi connectivity index (χ0v) is 56.6. The molecule has 4 saturated heterocycles. The van der Waals surface area contributed by atoms with Gasteiger partial charge in [-0.2, -0.15) is 0 Å². The lowest BCUT2D eigenvalue weighted by Gasteiger charge is -2.39. The lowest BCUT2D eigenvalue weighted by Crippen LogP contribution is -2.60. The number of hydrogen-bond acceptors (Lipinski definition) is 26. The normalized spacial score (nSPS) is 29.3. The highest BCUT2D eigenvalue weighted by Gasteiger charge is 2.50. The Kier molecular flexibility index (Phi) is 22.7. The van der Waals surface area contributed by atoms with E-state index in [1.807, 2.05) is 0 Å². The highest BCUT2D eigenvalue weighted by Crippen LogP contribution is 2.49. The number of nitrogens with zero attached hydrogens (tertiary/aromatic N) is 2. The monoisotopic (exact) mass is 1590 g/mol. The molecule has 8 bridgehead atoms. The van der Waals surface area contributed by atoms with Crippen molar-refractivity contribution in [1.29, 1.82) is 0 Å². The van der Waals surface area contributed by atoms with Crippen LogP contribution in [-0.2, 0) is 18.9 Å². The molecule has 25 nitrogen and oxygen atoms in total. The third kappa shape index (κ3) is 13.6. The van der Waals surface area contributed by atoms with Gasteiger partial charge in [-0.3, -0.25) is 0 Å². The summed E-state index contributed by atoms with van der Waals surface area (Å²) in [5, 5.41) is 167. The summed E-state index contributed by atoms with van der Waals surface area (Å²) in [5.74, 6) is -27.9. The second kappa shape index (κ2) is 31.1. The molecule has 4 fully saturated rings. The average Bonchev–Trinajstić information content (AvgIpc) is 1.48. The Balaban J connectivity index is 1.11. The standard InChI is InChI=1S/C68H58F12N4O21S3/c69-38-35(39(70)45(76)62(44(38)75)106-66-59(98)55(94)51(90)28(14-86)103-66)32-21-6-4-19(81-21)31(17-2-1-3-18(12-17)101-65-58(97)54(93)50(89)27(13-85)102-65)20-5-7-22(82-20)33(36-40(71)46(77)63(47(78)41(36)72)107-67-60(99)56(95)52(91)29(15-87)104-67)24-9-11-26(84-24)34(25-10-8-23(32)83-25)37-42(73)48(79)64(49(80)43(37)74)108-68-61(100)57(96)53(92)30(16-88)105-68/h1-12,27-30,50-61,65-68,81,84-100H,13-16H2/t27?,28?,29?,30-,50-,51-,52-,53?,54+,55?,56+,57-,58?,59+,60?,61-,65-,66+,67+,68?/m1/s1. The maximum absolute atomic E-state index is 17.6. The molecule has 18 N–H and O–H groups in total. The lowest BCUT2D eigenvalue weighted by molar-refractivity contribution is -0.277. The third-order valence-electron chi connectivity index (χ3n) is 18.6. The Labute approximate surface area is 609 Å². The molecule has 20 atom stereocenters. The van der Waals surface area contributed by atoms with Gasteiger partial charge >= 0.3 is 0 Å². The summed E-state index contributed by atoms with van der Waals surface area (Å²) >= 11 is -0.816. The quantitative estimate of drug-likeness (QED) is 0.0482. The van der Waals surface area contributed by atoms with Gasteiger partial charge in [0, 0.05) is 44.3 Å². The Morgan fingerprint density at radius 1 is 0.324 bits per heavy atom. The molecular formula is C68H58F12N4O21S3. The van der Waals surface area contributed by atoms with Gasteiger partial charge in [0.1, 0.15) is 120 Å². The largest absolute Gasteiger partial charge is 0.462 e. The number of thioether (sulfide) groups is 3. The van der Waals surface area contributed by atoms with Crippen molar-refractivity contribution in [1.82, 2.24) is 19.9 Å². The van der Waals surface area contributed by atoms with Gasteiger partial charge < -0.3 is 115 Å². The molecule has 0 radical (unpaired) electrons. The van der Waals surface area contributed by atoms with Gasteiger partial charge in [0.25, 0.3) is 0 Å². The number of halogens is 12. The second-order valence-electron chi connectivity index (χ2n) is 25.2. The first kappa shape index (κ1) is 78.8. The molecule has 7 aromatic rings. The molecule has 13 rings (SSSR count). The van der Waals surface area contributed by atoms with Crippen molar-refractivity contribution in [3.8, 4) is 50.3 Å². The van der Waals surface area contributed by atoms with Crippen LogP contribution in [0.25, 0.3) is 90.9 Å². The number of benzene rings is 4. The van der Waals surface area contributed by atoms with Crippen LogP contribution in [-0.4, -0.2) is 248 Å². The average molecular weight is 1590 g/mol. The Hall–Kier alpha value is -7.31. The van der Waals surface area contributed by atoms with Gasteiger partial charge in [-0.05, 0) is 66.3 Å².